The molecule has 1 aromatic rings. The van der Waals surface area contributed by atoms with Crippen molar-refractivity contribution in [2.75, 3.05) is 33.2 Å². The van der Waals surface area contributed by atoms with Crippen LogP contribution < -0.4 is 5.32 Å². The Balaban J connectivity index is 1.78. The minimum Gasteiger partial charge on any atom is -0.374 e. The van der Waals surface area contributed by atoms with E-state index in [1.165, 1.54) is 23.9 Å². The van der Waals surface area contributed by atoms with E-state index in [4.69, 9.17) is 11.6 Å². The quantitative estimate of drug-likeness (QED) is 0.111. The fourth-order valence-corrected chi connectivity index (χ4v) is 4.96. The van der Waals surface area contributed by atoms with Gasteiger partial charge in [-0.3, -0.25) is 9.98 Å². The van der Waals surface area contributed by atoms with Crippen LogP contribution in [0.4, 0.5) is 8.78 Å². The van der Waals surface area contributed by atoms with Crippen LogP contribution in [0.15, 0.2) is 57.8 Å². The molecule has 1 saturated heterocycles. The monoisotopic (exact) mass is 546 g/mol. The molecule has 1 aromatic carbocycles. The average molecular weight is 547 g/mol. The molecule has 0 bridgehead atoms. The zero-order chi connectivity index (χ0) is 27.9. The number of nitrogens with zero attached hydrogens (tertiary/aromatic N) is 3. The highest BCUT2D eigenvalue weighted by atomic mass is 35.5. The van der Waals surface area contributed by atoms with Crippen molar-refractivity contribution < 1.29 is 8.78 Å². The molecule has 1 unspecified atom stereocenters. The fourth-order valence-electron chi connectivity index (χ4n) is 4.82. The molecule has 0 aliphatic carbocycles. The van der Waals surface area contributed by atoms with Gasteiger partial charge in [0.1, 0.15) is 11.6 Å². The average Bonchev–Trinajstić information content (AvgIpc) is 2.83. The van der Waals surface area contributed by atoms with Crippen molar-refractivity contribution in [3.05, 3.63) is 70.6 Å². The third kappa shape index (κ3) is 11.6. The van der Waals surface area contributed by atoms with E-state index in [1.807, 2.05) is 14.0 Å². The lowest BCUT2D eigenvalue weighted by molar-refractivity contribution is 0.132. The maximum atomic E-state index is 14.8. The summed E-state index contributed by atoms with van der Waals surface area (Å²) in [7, 11) is 1.95. The van der Waals surface area contributed by atoms with E-state index >= 15 is 0 Å². The van der Waals surface area contributed by atoms with Gasteiger partial charge in [-0.1, -0.05) is 36.6 Å². The first kappa shape index (κ1) is 31.9. The number of likely N-dealkylation sites (tertiary alicyclic amines) is 1. The maximum Gasteiger partial charge on any atom is 0.129 e. The molecular formula is C31H45ClF2N4. The lowest BCUT2D eigenvalue weighted by atomic mass is 9.91. The van der Waals surface area contributed by atoms with E-state index in [0.29, 0.717) is 35.4 Å². The first-order chi connectivity index (χ1) is 18.2. The molecule has 0 spiro atoms. The molecule has 38 heavy (non-hydrogen) atoms. The van der Waals surface area contributed by atoms with Gasteiger partial charge in [0, 0.05) is 49.7 Å². The number of allylic oxidation sites excluding steroid dienone is 3. The molecule has 4 nitrogen and oxygen atoms in total. The summed E-state index contributed by atoms with van der Waals surface area (Å²) >= 11 is 5.95. The lowest BCUT2D eigenvalue weighted by Gasteiger charge is -2.42. The molecule has 1 aliphatic heterocycles. The fraction of sp³-hybridized carbons (Fsp3) is 0.548. The van der Waals surface area contributed by atoms with Gasteiger partial charge in [0.15, 0.2) is 0 Å². The summed E-state index contributed by atoms with van der Waals surface area (Å²) in [4.78, 5) is 10.1. The molecule has 1 N–H and O–H groups in total. The maximum absolute atomic E-state index is 14.8. The number of rotatable bonds is 19. The minimum atomic E-state index is -0.468. The first-order valence-corrected chi connectivity index (χ1v) is 14.1. The number of aliphatic imine (C=N–C) groups is 2. The standard InChI is InChI=1S/C31H45ClF2N4/c1-23(2)10-11-27-21-38(22-27)24(3)16-29-30(33)17-26(18-31(29)34)9-7-6-8-25(12-14-35-4)13-15-37-20-28(32)19-36-5/h17-20,25,27,35H,1,3,5-16,21-22H2,2,4H3/b28-19+,37-20-. The molecule has 1 heterocycles. The SMILES string of the molecule is C=N/C=C(Cl)\C=N/CCC(CCCCc1cc(F)c(CC(=C)N2CC(CCC(=C)C)C2)c(F)c1)CCNC. The Kier molecular flexibility index (Phi) is 14.5. The van der Waals surface area contributed by atoms with Crippen LogP contribution in [0.25, 0.3) is 0 Å². The highest BCUT2D eigenvalue weighted by Crippen LogP contribution is 2.28. The number of nitrogens with one attached hydrogen (secondary N) is 1. The van der Waals surface area contributed by atoms with E-state index in [9.17, 15) is 8.78 Å². The molecule has 0 aromatic heterocycles. The van der Waals surface area contributed by atoms with Crippen LogP contribution >= 0.6 is 11.6 Å². The van der Waals surface area contributed by atoms with Gasteiger partial charge < -0.3 is 10.2 Å². The molecule has 0 saturated carbocycles. The first-order valence-electron chi connectivity index (χ1n) is 13.7. The Morgan fingerprint density at radius 3 is 2.53 bits per heavy atom. The van der Waals surface area contributed by atoms with Crippen LogP contribution in [0.1, 0.15) is 63.0 Å². The van der Waals surface area contributed by atoms with Gasteiger partial charge in [-0.2, -0.15) is 0 Å². The van der Waals surface area contributed by atoms with Gasteiger partial charge in [-0.15, -0.1) is 6.58 Å². The molecule has 2 rings (SSSR count). The van der Waals surface area contributed by atoms with Gasteiger partial charge >= 0.3 is 0 Å². The number of aryl methyl sites for hydroxylation is 1. The van der Waals surface area contributed by atoms with E-state index in [-0.39, 0.29) is 12.0 Å². The van der Waals surface area contributed by atoms with Crippen molar-refractivity contribution in [3.63, 3.8) is 0 Å². The predicted octanol–water partition coefficient (Wildman–Crippen LogP) is 7.49. The molecule has 7 heteroatoms. The summed E-state index contributed by atoms with van der Waals surface area (Å²) in [5.41, 5.74) is 2.82. The second kappa shape index (κ2) is 17.3. The molecule has 210 valence electrons. The second-order valence-corrected chi connectivity index (χ2v) is 11.0. The normalized spacial score (nSPS) is 15.1. The van der Waals surface area contributed by atoms with Crippen molar-refractivity contribution in [1.29, 1.82) is 0 Å². The Bertz CT molecular complexity index is 959. The molecule has 0 amide bonds. The zero-order valence-electron chi connectivity index (χ0n) is 23.3. The van der Waals surface area contributed by atoms with Crippen LogP contribution in [0.2, 0.25) is 0 Å². The molecule has 1 fully saturated rings. The van der Waals surface area contributed by atoms with Gasteiger partial charge in [-0.25, -0.2) is 8.78 Å². The number of hydrogen-bond donors (Lipinski definition) is 1. The Morgan fingerprint density at radius 1 is 1.18 bits per heavy atom. The van der Waals surface area contributed by atoms with Crippen molar-refractivity contribution >= 4 is 24.5 Å². The predicted molar refractivity (Wildman–Crippen MR) is 159 cm³/mol. The Morgan fingerprint density at radius 2 is 1.89 bits per heavy atom. The molecule has 1 atom stereocenters. The lowest BCUT2D eigenvalue weighted by Crippen LogP contribution is -2.45. The van der Waals surface area contributed by atoms with Gasteiger partial charge in [0.2, 0.25) is 0 Å². The number of unbranched alkanes of at least 4 members (excludes halogenated alkanes) is 1. The molecule has 0 radical (unpaired) electrons. The second-order valence-electron chi connectivity index (χ2n) is 10.6. The van der Waals surface area contributed by atoms with Crippen LogP contribution in [0.5, 0.6) is 0 Å². The van der Waals surface area contributed by atoms with Crippen LogP contribution in [0, 0.1) is 23.5 Å². The summed E-state index contributed by atoms with van der Waals surface area (Å²) in [5, 5.41) is 3.68. The molecule has 1 aliphatic rings. The van der Waals surface area contributed by atoms with Gasteiger partial charge in [0.25, 0.3) is 0 Å². The summed E-state index contributed by atoms with van der Waals surface area (Å²) < 4.78 is 29.7. The summed E-state index contributed by atoms with van der Waals surface area (Å²) in [6.45, 7) is 16.9. The van der Waals surface area contributed by atoms with Crippen LogP contribution in [-0.4, -0.2) is 51.1 Å². The summed E-state index contributed by atoms with van der Waals surface area (Å²) in [6.07, 6.45) is 11.1. The number of benzene rings is 1. The molecular weight excluding hydrogens is 502 g/mol. The number of halogens is 3. The third-order valence-corrected chi connectivity index (χ3v) is 7.39. The summed E-state index contributed by atoms with van der Waals surface area (Å²) in [6, 6.07) is 3.00. The highest BCUT2D eigenvalue weighted by molar-refractivity contribution is 6.39. The third-order valence-electron chi connectivity index (χ3n) is 7.19. The van der Waals surface area contributed by atoms with E-state index in [0.717, 1.165) is 70.3 Å². The van der Waals surface area contributed by atoms with Crippen LogP contribution in [0.3, 0.4) is 0 Å². The van der Waals surface area contributed by atoms with Crippen molar-refractivity contribution in [3.8, 4) is 0 Å². The van der Waals surface area contributed by atoms with Gasteiger partial charge in [-0.05, 0) is 95.3 Å². The van der Waals surface area contributed by atoms with Crippen LogP contribution in [-0.2, 0) is 12.8 Å². The number of hydrogen-bond acceptors (Lipinski definition) is 4. The minimum absolute atomic E-state index is 0.121. The van der Waals surface area contributed by atoms with Gasteiger partial charge in [0.05, 0.1) is 5.03 Å². The van der Waals surface area contributed by atoms with Crippen molar-refractivity contribution in [2.45, 2.75) is 64.7 Å². The Labute approximate surface area is 233 Å². The topological polar surface area (TPSA) is 40.0 Å². The zero-order valence-corrected chi connectivity index (χ0v) is 24.0. The smallest absolute Gasteiger partial charge is 0.129 e. The largest absolute Gasteiger partial charge is 0.374 e. The van der Waals surface area contributed by atoms with Crippen molar-refractivity contribution in [2.24, 2.45) is 21.8 Å². The van der Waals surface area contributed by atoms with E-state index < -0.39 is 11.6 Å². The Hall–Kier alpha value is -2.31. The van der Waals surface area contributed by atoms with Crippen molar-refractivity contribution in [1.82, 2.24) is 10.2 Å². The van der Waals surface area contributed by atoms with E-state index in [1.54, 1.807) is 6.21 Å². The van der Waals surface area contributed by atoms with E-state index in [2.05, 4.69) is 40.1 Å². The summed E-state index contributed by atoms with van der Waals surface area (Å²) in [5.74, 6) is 0.208. The highest BCUT2D eigenvalue weighted by Gasteiger charge is 2.28.